The van der Waals surface area contributed by atoms with Gasteiger partial charge in [-0.15, -0.1) is 0 Å². The van der Waals surface area contributed by atoms with Crippen molar-refractivity contribution in [3.05, 3.63) is 184 Å². The maximum absolute atomic E-state index is 2.61. The van der Waals surface area contributed by atoms with E-state index < -0.39 is 0 Å². The van der Waals surface area contributed by atoms with E-state index >= 15 is 0 Å². The molecule has 0 heteroatoms. The standard InChI is InChI=1S/C49H42/c1-49(2)46-17-8-7-15-42(46)43-25-24-37(30-47(43)49)36-22-21-34-26-33(19-20-35(34)27-36)32-11-9-12-38(28-32)45-29-39-23-18-31-10-3-4-13-40(31)48(39)44-16-6-5-14-41(44)45/h3-18,20-31,33,39-41,44,48H,19H2,1-2H3. The van der Waals surface area contributed by atoms with Crippen LogP contribution < -0.4 is 10.4 Å². The summed E-state index contributed by atoms with van der Waals surface area (Å²) in [5, 5.41) is 2.70. The Hall–Kier alpha value is -4.94. The lowest BCUT2D eigenvalue weighted by molar-refractivity contribution is 0.195. The molecule has 49 heavy (non-hydrogen) atoms. The Kier molecular flexibility index (Phi) is 6.54. The van der Waals surface area contributed by atoms with E-state index in [0.29, 0.717) is 41.4 Å². The number of benzene rings is 4. The Morgan fingerprint density at radius 1 is 0.551 bits per heavy atom. The average molecular weight is 631 g/mol. The summed E-state index contributed by atoms with van der Waals surface area (Å²) in [6.45, 7) is 4.73. The molecule has 0 N–H and O–H groups in total. The summed E-state index contributed by atoms with van der Waals surface area (Å²) in [6, 6.07) is 32.5. The zero-order chi connectivity index (χ0) is 32.7. The number of fused-ring (bicyclic) bond motifs is 9. The van der Waals surface area contributed by atoms with Crippen LogP contribution in [-0.2, 0) is 5.41 Å². The van der Waals surface area contributed by atoms with Gasteiger partial charge in [0.1, 0.15) is 0 Å². The van der Waals surface area contributed by atoms with Gasteiger partial charge in [-0.1, -0.05) is 166 Å². The van der Waals surface area contributed by atoms with E-state index in [-0.39, 0.29) is 5.41 Å². The van der Waals surface area contributed by atoms with Gasteiger partial charge >= 0.3 is 0 Å². The molecule has 6 aliphatic rings. The van der Waals surface area contributed by atoms with E-state index in [2.05, 4.69) is 178 Å². The van der Waals surface area contributed by atoms with Crippen molar-refractivity contribution in [3.63, 3.8) is 0 Å². The van der Waals surface area contributed by atoms with Crippen molar-refractivity contribution in [2.45, 2.75) is 31.6 Å². The van der Waals surface area contributed by atoms with Crippen molar-refractivity contribution in [2.24, 2.45) is 35.5 Å². The first-order chi connectivity index (χ1) is 24.0. The summed E-state index contributed by atoms with van der Waals surface area (Å²) < 4.78 is 0. The van der Waals surface area contributed by atoms with Crippen LogP contribution in [0.3, 0.4) is 0 Å². The minimum Gasteiger partial charge on any atom is -0.0807 e. The average Bonchev–Trinajstić information content (AvgIpc) is 3.39. The van der Waals surface area contributed by atoms with Crippen molar-refractivity contribution < 1.29 is 0 Å². The topological polar surface area (TPSA) is 0 Å². The Balaban J connectivity index is 0.960. The lowest BCUT2D eigenvalue weighted by Crippen LogP contribution is -2.40. The van der Waals surface area contributed by atoms with Crippen LogP contribution in [0, 0.1) is 35.5 Å². The molecular formula is C49H42. The SMILES string of the molecule is CC1(C)c2ccccc2-c2ccc(-c3ccc4c(c3)=CCC(c3cccc(C5=CC6C=CC7C=CC=CC7C6C6C=CC=CC56)c3)C=4)cc21. The Bertz CT molecular complexity index is 2330. The minimum atomic E-state index is 0.0125. The van der Waals surface area contributed by atoms with E-state index in [0.717, 1.165) is 6.42 Å². The van der Waals surface area contributed by atoms with Gasteiger partial charge in [0.2, 0.25) is 0 Å². The fourth-order valence-corrected chi connectivity index (χ4v) is 10.1. The van der Waals surface area contributed by atoms with Gasteiger partial charge in [0.05, 0.1) is 0 Å². The third-order valence-electron chi connectivity index (χ3n) is 12.6. The first-order valence-corrected chi connectivity index (χ1v) is 18.3. The third kappa shape index (κ3) is 4.57. The molecule has 0 heterocycles. The van der Waals surface area contributed by atoms with Crippen molar-refractivity contribution in [3.8, 4) is 22.3 Å². The molecule has 0 radical (unpaired) electrons. The second-order valence-corrected chi connectivity index (χ2v) is 15.6. The van der Waals surface area contributed by atoms with Gasteiger partial charge in [-0.2, -0.15) is 0 Å². The highest BCUT2D eigenvalue weighted by atomic mass is 14.5. The van der Waals surface area contributed by atoms with Crippen molar-refractivity contribution >= 4 is 17.7 Å². The summed E-state index contributed by atoms with van der Waals surface area (Å²) in [7, 11) is 0. The van der Waals surface area contributed by atoms with Gasteiger partial charge in [-0.25, -0.2) is 0 Å². The van der Waals surface area contributed by atoms with E-state index in [1.165, 1.54) is 60.5 Å². The molecule has 238 valence electrons. The molecule has 0 spiro atoms. The lowest BCUT2D eigenvalue weighted by Gasteiger charge is -2.47. The lowest BCUT2D eigenvalue weighted by atomic mass is 9.56. The van der Waals surface area contributed by atoms with Crippen molar-refractivity contribution in [2.75, 3.05) is 0 Å². The summed E-state index contributed by atoms with van der Waals surface area (Å²) >= 11 is 0. The molecule has 0 amide bonds. The quantitative estimate of drug-likeness (QED) is 0.198. The fourth-order valence-electron chi connectivity index (χ4n) is 10.1. The molecule has 10 rings (SSSR count). The predicted molar refractivity (Wildman–Crippen MR) is 206 cm³/mol. The van der Waals surface area contributed by atoms with Crippen LogP contribution in [-0.4, -0.2) is 0 Å². The molecule has 0 aliphatic heterocycles. The Morgan fingerprint density at radius 2 is 1.33 bits per heavy atom. The number of hydrogen-bond donors (Lipinski definition) is 0. The molecule has 7 unspecified atom stereocenters. The zero-order valence-corrected chi connectivity index (χ0v) is 28.3. The van der Waals surface area contributed by atoms with Crippen LogP contribution in [0.1, 0.15) is 48.4 Å². The first kappa shape index (κ1) is 29.0. The van der Waals surface area contributed by atoms with Gasteiger partial charge in [-0.05, 0) is 103 Å². The zero-order valence-electron chi connectivity index (χ0n) is 28.3. The summed E-state index contributed by atoms with van der Waals surface area (Å²) in [4.78, 5) is 0. The molecule has 0 nitrogen and oxygen atoms in total. The van der Waals surface area contributed by atoms with Crippen molar-refractivity contribution in [1.82, 2.24) is 0 Å². The van der Waals surface area contributed by atoms with Crippen LogP contribution >= 0.6 is 0 Å². The molecule has 0 aromatic heterocycles. The maximum Gasteiger partial charge on any atom is 0.0159 e. The number of allylic oxidation sites excluding steroid dienone is 12. The van der Waals surface area contributed by atoms with Gasteiger partial charge in [0.15, 0.2) is 0 Å². The molecular weight excluding hydrogens is 589 g/mol. The first-order valence-electron chi connectivity index (χ1n) is 18.3. The largest absolute Gasteiger partial charge is 0.0807 e. The van der Waals surface area contributed by atoms with Gasteiger partial charge in [0, 0.05) is 23.2 Å². The summed E-state index contributed by atoms with van der Waals surface area (Å²) in [5.74, 6) is 3.50. The van der Waals surface area contributed by atoms with Crippen LogP contribution in [0.15, 0.2) is 152 Å². The van der Waals surface area contributed by atoms with Gasteiger partial charge in [-0.3, -0.25) is 0 Å². The maximum atomic E-state index is 2.61. The number of rotatable bonds is 3. The molecule has 4 aromatic carbocycles. The van der Waals surface area contributed by atoms with Crippen LogP contribution in [0.5, 0.6) is 0 Å². The molecule has 6 aliphatic carbocycles. The normalized spacial score (nSPS) is 28.9. The Morgan fingerprint density at radius 3 is 2.27 bits per heavy atom. The van der Waals surface area contributed by atoms with Gasteiger partial charge in [0.25, 0.3) is 0 Å². The molecule has 0 saturated carbocycles. The summed E-state index contributed by atoms with van der Waals surface area (Å²) in [6.07, 6.45) is 32.4. The second kappa shape index (κ2) is 11.0. The predicted octanol–water partition coefficient (Wildman–Crippen LogP) is 10.3. The smallest absolute Gasteiger partial charge is 0.0159 e. The molecule has 0 fully saturated rings. The van der Waals surface area contributed by atoms with E-state index in [1.807, 2.05) is 0 Å². The van der Waals surface area contributed by atoms with Gasteiger partial charge < -0.3 is 0 Å². The van der Waals surface area contributed by atoms with Crippen LogP contribution in [0.4, 0.5) is 0 Å². The highest BCUT2D eigenvalue weighted by Crippen LogP contribution is 2.53. The summed E-state index contributed by atoms with van der Waals surface area (Å²) in [5.41, 5.74) is 12.5. The van der Waals surface area contributed by atoms with Crippen molar-refractivity contribution in [1.29, 1.82) is 0 Å². The highest BCUT2D eigenvalue weighted by Gasteiger charge is 2.44. The minimum absolute atomic E-state index is 0.0125. The van der Waals surface area contributed by atoms with E-state index in [9.17, 15) is 0 Å². The van der Waals surface area contributed by atoms with Crippen LogP contribution in [0.2, 0.25) is 0 Å². The van der Waals surface area contributed by atoms with Crippen LogP contribution in [0.25, 0.3) is 40.0 Å². The second-order valence-electron chi connectivity index (χ2n) is 15.6. The van der Waals surface area contributed by atoms with E-state index in [4.69, 9.17) is 0 Å². The highest BCUT2D eigenvalue weighted by molar-refractivity contribution is 5.83. The number of hydrogen-bond acceptors (Lipinski definition) is 0. The molecule has 7 atom stereocenters. The monoisotopic (exact) mass is 630 g/mol. The van der Waals surface area contributed by atoms with E-state index in [1.54, 1.807) is 0 Å². The molecule has 4 aromatic rings. The molecule has 0 bridgehead atoms. The third-order valence-corrected chi connectivity index (χ3v) is 12.6. The Labute approximate surface area is 290 Å². The molecule has 0 saturated heterocycles. The fraction of sp³-hybridized carbons (Fsp3) is 0.224.